The Bertz CT molecular complexity index is 1190. The van der Waals surface area contributed by atoms with Crippen LogP contribution in [0.2, 0.25) is 0 Å². The van der Waals surface area contributed by atoms with Crippen LogP contribution < -0.4 is 5.69 Å². The molecule has 0 aliphatic heterocycles. The standard InChI is InChI=1S/C22H25N7O/c1-4-6-20-15(3)28(5-2)22(30)29(20)14-16-7-9-17(10-8-16)19-13-23-12-11-18(19)21-24-26-27-25-21/h7-13H,4-6,14H2,1-3H3,(H,24,25,26,27). The smallest absolute Gasteiger partial charge is 0.297 e. The lowest BCUT2D eigenvalue weighted by molar-refractivity contribution is 0.650. The van der Waals surface area contributed by atoms with Gasteiger partial charge in [0.15, 0.2) is 5.82 Å². The van der Waals surface area contributed by atoms with Gasteiger partial charge >= 0.3 is 5.69 Å². The molecule has 1 aromatic carbocycles. The van der Waals surface area contributed by atoms with Crippen molar-refractivity contribution in [2.75, 3.05) is 0 Å². The van der Waals surface area contributed by atoms with Gasteiger partial charge in [0.1, 0.15) is 0 Å². The van der Waals surface area contributed by atoms with Crippen LogP contribution >= 0.6 is 0 Å². The van der Waals surface area contributed by atoms with E-state index in [1.54, 1.807) is 12.4 Å². The van der Waals surface area contributed by atoms with Crippen molar-refractivity contribution in [1.82, 2.24) is 34.7 Å². The number of benzene rings is 1. The summed E-state index contributed by atoms with van der Waals surface area (Å²) in [5.41, 5.74) is 6.19. The predicted molar refractivity (Wildman–Crippen MR) is 115 cm³/mol. The maximum absolute atomic E-state index is 12.9. The van der Waals surface area contributed by atoms with Crippen molar-refractivity contribution in [2.24, 2.45) is 0 Å². The van der Waals surface area contributed by atoms with Crippen LogP contribution in [0.1, 0.15) is 37.2 Å². The van der Waals surface area contributed by atoms with Crippen LogP contribution in [0.5, 0.6) is 0 Å². The van der Waals surface area contributed by atoms with Crippen LogP contribution in [0.4, 0.5) is 0 Å². The van der Waals surface area contributed by atoms with Crippen molar-refractivity contribution >= 4 is 0 Å². The van der Waals surface area contributed by atoms with Gasteiger partial charge in [-0.2, -0.15) is 0 Å². The number of aromatic nitrogens is 7. The van der Waals surface area contributed by atoms with Gasteiger partial charge in [0.2, 0.25) is 0 Å². The second kappa shape index (κ2) is 8.44. The third-order valence-electron chi connectivity index (χ3n) is 5.44. The highest BCUT2D eigenvalue weighted by Crippen LogP contribution is 2.29. The molecule has 3 aromatic heterocycles. The molecule has 1 N–H and O–H groups in total. The Kier molecular flexibility index (Phi) is 5.56. The van der Waals surface area contributed by atoms with E-state index in [1.165, 1.54) is 0 Å². The molecule has 0 aliphatic rings. The van der Waals surface area contributed by atoms with Gasteiger partial charge in [-0.1, -0.05) is 37.6 Å². The van der Waals surface area contributed by atoms with Gasteiger partial charge in [-0.05, 0) is 47.9 Å². The third-order valence-corrected chi connectivity index (χ3v) is 5.44. The van der Waals surface area contributed by atoms with E-state index in [1.807, 2.05) is 41.2 Å². The molecule has 3 heterocycles. The number of pyridine rings is 1. The maximum atomic E-state index is 12.9. The molecule has 0 bridgehead atoms. The molecule has 0 unspecified atom stereocenters. The molecule has 0 spiro atoms. The zero-order valence-electron chi connectivity index (χ0n) is 17.5. The van der Waals surface area contributed by atoms with E-state index in [2.05, 4.69) is 44.7 Å². The number of nitrogens with one attached hydrogen (secondary N) is 1. The minimum absolute atomic E-state index is 0.0647. The molecule has 4 rings (SSSR count). The number of tetrazole rings is 1. The molecule has 8 heteroatoms. The van der Waals surface area contributed by atoms with E-state index >= 15 is 0 Å². The van der Waals surface area contributed by atoms with Crippen LogP contribution in [-0.4, -0.2) is 34.7 Å². The quantitative estimate of drug-likeness (QED) is 0.511. The Morgan fingerprint density at radius 3 is 2.50 bits per heavy atom. The number of H-pyrrole nitrogens is 1. The van der Waals surface area contributed by atoms with Crippen molar-refractivity contribution in [2.45, 2.75) is 46.7 Å². The molecular formula is C22H25N7O. The van der Waals surface area contributed by atoms with E-state index in [0.29, 0.717) is 18.9 Å². The number of imidazole rings is 1. The fourth-order valence-electron chi connectivity index (χ4n) is 3.92. The molecule has 0 fully saturated rings. The second-order valence-electron chi connectivity index (χ2n) is 7.26. The molecular weight excluding hydrogens is 378 g/mol. The monoisotopic (exact) mass is 403 g/mol. The van der Waals surface area contributed by atoms with Crippen molar-refractivity contribution < 1.29 is 0 Å². The fraction of sp³-hybridized carbons (Fsp3) is 0.318. The summed E-state index contributed by atoms with van der Waals surface area (Å²) in [6.07, 6.45) is 5.43. The van der Waals surface area contributed by atoms with Gasteiger partial charge in [0, 0.05) is 41.5 Å². The average Bonchev–Trinajstić information content (AvgIpc) is 3.38. The normalized spacial score (nSPS) is 11.2. The van der Waals surface area contributed by atoms with E-state index < -0.39 is 0 Å². The Morgan fingerprint density at radius 1 is 1.03 bits per heavy atom. The molecule has 0 saturated heterocycles. The summed E-state index contributed by atoms with van der Waals surface area (Å²) in [7, 11) is 0. The summed E-state index contributed by atoms with van der Waals surface area (Å²) in [5, 5.41) is 14.2. The summed E-state index contributed by atoms with van der Waals surface area (Å²) < 4.78 is 3.76. The van der Waals surface area contributed by atoms with E-state index in [9.17, 15) is 4.79 Å². The van der Waals surface area contributed by atoms with Gasteiger partial charge in [0.05, 0.1) is 6.54 Å². The van der Waals surface area contributed by atoms with Crippen molar-refractivity contribution in [1.29, 1.82) is 0 Å². The van der Waals surface area contributed by atoms with Crippen LogP contribution in [0, 0.1) is 6.92 Å². The third kappa shape index (κ3) is 3.56. The first-order valence-electron chi connectivity index (χ1n) is 10.2. The van der Waals surface area contributed by atoms with Gasteiger partial charge < -0.3 is 0 Å². The molecule has 0 radical (unpaired) electrons. The number of hydrogen-bond donors (Lipinski definition) is 1. The minimum atomic E-state index is 0.0647. The first kappa shape index (κ1) is 19.8. The molecule has 0 amide bonds. The van der Waals surface area contributed by atoms with Gasteiger partial charge in [-0.15, -0.1) is 5.10 Å². The Balaban J connectivity index is 1.66. The van der Waals surface area contributed by atoms with E-state index in [0.717, 1.165) is 46.5 Å². The van der Waals surface area contributed by atoms with Crippen molar-refractivity contribution in [3.8, 4) is 22.5 Å². The lowest BCUT2D eigenvalue weighted by Crippen LogP contribution is -2.25. The Hall–Kier alpha value is -3.55. The topological polar surface area (TPSA) is 94.3 Å². The summed E-state index contributed by atoms with van der Waals surface area (Å²) in [6, 6.07) is 10.1. The summed E-state index contributed by atoms with van der Waals surface area (Å²) in [4.78, 5) is 17.1. The maximum Gasteiger partial charge on any atom is 0.328 e. The highest BCUT2D eigenvalue weighted by molar-refractivity contribution is 5.79. The Labute approximate surface area is 174 Å². The van der Waals surface area contributed by atoms with E-state index in [4.69, 9.17) is 0 Å². The lowest BCUT2D eigenvalue weighted by atomic mass is 10.0. The molecule has 154 valence electrons. The second-order valence-corrected chi connectivity index (χ2v) is 7.26. The van der Waals surface area contributed by atoms with Crippen molar-refractivity contribution in [3.05, 3.63) is 70.2 Å². The van der Waals surface area contributed by atoms with Gasteiger partial charge in [-0.25, -0.2) is 9.89 Å². The average molecular weight is 403 g/mol. The highest BCUT2D eigenvalue weighted by atomic mass is 16.1. The lowest BCUT2D eigenvalue weighted by Gasteiger charge is -2.10. The largest absolute Gasteiger partial charge is 0.328 e. The van der Waals surface area contributed by atoms with Gasteiger partial charge in [-0.3, -0.25) is 14.1 Å². The van der Waals surface area contributed by atoms with Crippen LogP contribution in [0.3, 0.4) is 0 Å². The fourth-order valence-corrected chi connectivity index (χ4v) is 3.92. The molecule has 4 aromatic rings. The first-order chi connectivity index (χ1) is 14.6. The zero-order chi connectivity index (χ0) is 21.1. The minimum Gasteiger partial charge on any atom is -0.297 e. The van der Waals surface area contributed by atoms with Crippen LogP contribution in [0.25, 0.3) is 22.5 Å². The zero-order valence-corrected chi connectivity index (χ0v) is 17.5. The molecule has 0 atom stereocenters. The number of rotatable bonds is 7. The highest BCUT2D eigenvalue weighted by Gasteiger charge is 2.16. The summed E-state index contributed by atoms with van der Waals surface area (Å²) in [6.45, 7) is 7.44. The number of nitrogens with zero attached hydrogens (tertiary/aromatic N) is 6. The first-order valence-corrected chi connectivity index (χ1v) is 10.2. The molecule has 0 aliphatic carbocycles. The number of hydrogen-bond acceptors (Lipinski definition) is 5. The molecule has 0 saturated carbocycles. The van der Waals surface area contributed by atoms with Gasteiger partial charge in [0.25, 0.3) is 0 Å². The van der Waals surface area contributed by atoms with Crippen LogP contribution in [0.15, 0.2) is 47.5 Å². The molecule has 8 nitrogen and oxygen atoms in total. The predicted octanol–water partition coefficient (Wildman–Crippen LogP) is 3.22. The van der Waals surface area contributed by atoms with E-state index in [-0.39, 0.29) is 5.69 Å². The van der Waals surface area contributed by atoms with Crippen LogP contribution in [-0.2, 0) is 19.5 Å². The summed E-state index contributed by atoms with van der Waals surface area (Å²) >= 11 is 0. The number of aromatic amines is 1. The Morgan fingerprint density at radius 2 is 1.83 bits per heavy atom. The SMILES string of the molecule is CCCc1c(C)n(CC)c(=O)n1Cc1ccc(-c2cnccc2-c2nnn[nH]2)cc1. The summed E-state index contributed by atoms with van der Waals surface area (Å²) in [5.74, 6) is 0.601. The molecule has 30 heavy (non-hydrogen) atoms. The van der Waals surface area contributed by atoms with Crippen molar-refractivity contribution in [3.63, 3.8) is 0 Å².